The molecule has 2 N–H and O–H groups in total. The summed E-state index contributed by atoms with van der Waals surface area (Å²) < 4.78 is 5.44. The van der Waals surface area contributed by atoms with Gasteiger partial charge in [0, 0.05) is 12.1 Å². The van der Waals surface area contributed by atoms with E-state index in [0.717, 1.165) is 5.56 Å². The minimum absolute atomic E-state index is 0.107. The molecule has 98 valence electrons. The van der Waals surface area contributed by atoms with Crippen molar-refractivity contribution in [2.24, 2.45) is 0 Å². The molecule has 6 heteroatoms. The van der Waals surface area contributed by atoms with Crippen molar-refractivity contribution in [1.82, 2.24) is 0 Å². The molecule has 0 aliphatic rings. The predicted molar refractivity (Wildman–Crippen MR) is 73.3 cm³/mol. The lowest BCUT2D eigenvalue weighted by molar-refractivity contribution is -0.385. The number of anilines is 1. The maximum atomic E-state index is 10.9. The zero-order valence-electron chi connectivity index (χ0n) is 9.88. The Morgan fingerprint density at radius 3 is 2.58 bits per heavy atom. The molecule has 2 aromatic carbocycles. The summed E-state index contributed by atoms with van der Waals surface area (Å²) in [6.07, 6.45) is 0. The molecule has 0 aliphatic heterocycles. The van der Waals surface area contributed by atoms with E-state index < -0.39 is 4.92 Å². The Bertz CT molecular complexity index is 602. The highest BCUT2D eigenvalue weighted by molar-refractivity contribution is 6.33. The van der Waals surface area contributed by atoms with Gasteiger partial charge in [0.25, 0.3) is 0 Å². The third-order valence-electron chi connectivity index (χ3n) is 2.51. The summed E-state index contributed by atoms with van der Waals surface area (Å²) in [6, 6.07) is 11.9. The largest absolute Gasteiger partial charge is 0.482 e. The Hall–Kier alpha value is -2.27. The zero-order valence-corrected chi connectivity index (χ0v) is 10.6. The van der Waals surface area contributed by atoms with Crippen molar-refractivity contribution in [3.63, 3.8) is 0 Å². The van der Waals surface area contributed by atoms with Crippen LogP contribution in [0.2, 0.25) is 5.02 Å². The maximum absolute atomic E-state index is 10.9. The number of nitrogens with zero attached hydrogens (tertiary/aromatic N) is 1. The Morgan fingerprint density at radius 1 is 1.26 bits per heavy atom. The van der Waals surface area contributed by atoms with Crippen LogP contribution in [0.3, 0.4) is 0 Å². The highest BCUT2D eigenvalue weighted by Crippen LogP contribution is 2.34. The van der Waals surface area contributed by atoms with Crippen molar-refractivity contribution in [1.29, 1.82) is 0 Å². The highest BCUT2D eigenvalue weighted by Gasteiger charge is 2.18. The Balaban J connectivity index is 2.24. The normalized spacial score (nSPS) is 10.2. The van der Waals surface area contributed by atoms with Crippen LogP contribution in [0.5, 0.6) is 5.75 Å². The number of nitro groups is 1. The first-order chi connectivity index (χ1) is 9.08. The fourth-order valence-electron chi connectivity index (χ4n) is 1.55. The van der Waals surface area contributed by atoms with Crippen LogP contribution in [-0.4, -0.2) is 4.92 Å². The number of nitrogen functional groups attached to an aromatic ring is 1. The van der Waals surface area contributed by atoms with Gasteiger partial charge < -0.3 is 10.5 Å². The molecule has 0 spiro atoms. The SMILES string of the molecule is Nc1cc(OCc2ccccc2)c([N+](=O)[O-])cc1Cl. The molecule has 0 heterocycles. The van der Waals surface area contributed by atoms with Gasteiger partial charge in [-0.15, -0.1) is 0 Å². The van der Waals surface area contributed by atoms with E-state index in [1.54, 1.807) is 0 Å². The van der Waals surface area contributed by atoms with Crippen molar-refractivity contribution in [2.45, 2.75) is 6.61 Å². The van der Waals surface area contributed by atoms with Gasteiger partial charge in [-0.25, -0.2) is 0 Å². The van der Waals surface area contributed by atoms with Gasteiger partial charge >= 0.3 is 5.69 Å². The van der Waals surface area contributed by atoms with E-state index in [2.05, 4.69) is 0 Å². The predicted octanol–water partition coefficient (Wildman–Crippen LogP) is 3.41. The summed E-state index contributed by atoms with van der Waals surface area (Å²) in [7, 11) is 0. The molecular formula is C13H11ClN2O3. The smallest absolute Gasteiger partial charge is 0.312 e. The molecule has 2 aromatic rings. The quantitative estimate of drug-likeness (QED) is 0.528. The standard InChI is InChI=1S/C13H11ClN2O3/c14-10-6-12(16(17)18)13(7-11(10)15)19-8-9-4-2-1-3-5-9/h1-7H,8,15H2. The summed E-state index contributed by atoms with van der Waals surface area (Å²) in [5, 5.41) is 11.1. The summed E-state index contributed by atoms with van der Waals surface area (Å²) in [5.41, 5.74) is 6.58. The third kappa shape index (κ3) is 3.14. The molecule has 2 rings (SSSR count). The molecule has 0 unspecified atom stereocenters. The number of nitrogens with two attached hydrogens (primary N) is 1. The topological polar surface area (TPSA) is 78.4 Å². The maximum Gasteiger partial charge on any atom is 0.312 e. The first kappa shape index (κ1) is 13.2. The summed E-state index contributed by atoms with van der Waals surface area (Å²) in [4.78, 5) is 10.4. The van der Waals surface area contributed by atoms with Gasteiger partial charge in [0.15, 0.2) is 5.75 Å². The minimum Gasteiger partial charge on any atom is -0.482 e. The second-order valence-electron chi connectivity index (χ2n) is 3.87. The van der Waals surface area contributed by atoms with Crippen molar-refractivity contribution in [3.05, 3.63) is 63.2 Å². The molecule has 0 saturated carbocycles. The van der Waals surface area contributed by atoms with Crippen molar-refractivity contribution in [2.75, 3.05) is 5.73 Å². The summed E-state index contributed by atoms with van der Waals surface area (Å²) in [6.45, 7) is 0.225. The van der Waals surface area contributed by atoms with E-state index in [-0.39, 0.29) is 28.8 Å². The van der Waals surface area contributed by atoms with Crippen LogP contribution >= 0.6 is 11.6 Å². The van der Waals surface area contributed by atoms with Gasteiger partial charge in [-0.3, -0.25) is 10.1 Å². The number of halogens is 1. The van der Waals surface area contributed by atoms with Gasteiger partial charge in [-0.05, 0) is 5.56 Å². The van der Waals surface area contributed by atoms with Gasteiger partial charge in [0.1, 0.15) is 6.61 Å². The number of hydrogen-bond donors (Lipinski definition) is 1. The fourth-order valence-corrected chi connectivity index (χ4v) is 1.71. The number of hydrogen-bond acceptors (Lipinski definition) is 4. The average molecular weight is 279 g/mol. The fraction of sp³-hybridized carbons (Fsp3) is 0.0769. The van der Waals surface area contributed by atoms with Crippen LogP contribution in [0.1, 0.15) is 5.56 Å². The Morgan fingerprint density at radius 2 is 1.95 bits per heavy atom. The molecule has 0 aromatic heterocycles. The van der Waals surface area contributed by atoms with E-state index in [9.17, 15) is 10.1 Å². The molecule has 0 fully saturated rings. The van der Waals surface area contributed by atoms with E-state index in [1.807, 2.05) is 30.3 Å². The number of nitro benzene ring substituents is 1. The number of benzene rings is 2. The third-order valence-corrected chi connectivity index (χ3v) is 2.84. The monoisotopic (exact) mass is 278 g/mol. The average Bonchev–Trinajstić information content (AvgIpc) is 2.40. The molecule has 0 atom stereocenters. The van der Waals surface area contributed by atoms with Crippen LogP contribution in [0.15, 0.2) is 42.5 Å². The lowest BCUT2D eigenvalue weighted by atomic mass is 10.2. The molecule has 5 nitrogen and oxygen atoms in total. The summed E-state index contributed by atoms with van der Waals surface area (Å²) >= 11 is 5.76. The molecular weight excluding hydrogens is 268 g/mol. The van der Waals surface area contributed by atoms with Crippen molar-refractivity contribution in [3.8, 4) is 5.75 Å². The van der Waals surface area contributed by atoms with Gasteiger partial charge in [-0.2, -0.15) is 0 Å². The van der Waals surface area contributed by atoms with Crippen LogP contribution in [-0.2, 0) is 6.61 Å². The molecule has 0 radical (unpaired) electrons. The van der Waals surface area contributed by atoms with Crippen molar-refractivity contribution >= 4 is 23.0 Å². The molecule has 0 amide bonds. The highest BCUT2D eigenvalue weighted by atomic mass is 35.5. The van der Waals surface area contributed by atoms with E-state index in [0.29, 0.717) is 0 Å². The molecule has 0 aliphatic carbocycles. The first-order valence-electron chi connectivity index (χ1n) is 5.48. The van der Waals surface area contributed by atoms with E-state index in [4.69, 9.17) is 22.1 Å². The molecule has 0 bridgehead atoms. The van der Waals surface area contributed by atoms with Crippen molar-refractivity contribution < 1.29 is 9.66 Å². The van der Waals surface area contributed by atoms with Gasteiger partial charge in [-0.1, -0.05) is 41.9 Å². The van der Waals surface area contributed by atoms with E-state index in [1.165, 1.54) is 12.1 Å². The number of rotatable bonds is 4. The zero-order chi connectivity index (χ0) is 13.8. The van der Waals surface area contributed by atoms with E-state index >= 15 is 0 Å². The van der Waals surface area contributed by atoms with Crippen LogP contribution in [0, 0.1) is 10.1 Å². The number of ether oxygens (including phenoxy) is 1. The first-order valence-corrected chi connectivity index (χ1v) is 5.86. The second-order valence-corrected chi connectivity index (χ2v) is 4.28. The van der Waals surface area contributed by atoms with Crippen LogP contribution in [0.25, 0.3) is 0 Å². The lowest BCUT2D eigenvalue weighted by Crippen LogP contribution is -2.00. The van der Waals surface area contributed by atoms with Gasteiger partial charge in [0.05, 0.1) is 15.6 Å². The molecule has 0 saturated heterocycles. The minimum atomic E-state index is -0.550. The molecule has 19 heavy (non-hydrogen) atoms. The lowest BCUT2D eigenvalue weighted by Gasteiger charge is -2.08. The van der Waals surface area contributed by atoms with Gasteiger partial charge in [0.2, 0.25) is 0 Å². The van der Waals surface area contributed by atoms with Crippen LogP contribution < -0.4 is 10.5 Å². The Kier molecular flexibility index (Phi) is 3.87. The summed E-state index contributed by atoms with van der Waals surface area (Å²) in [5.74, 6) is 0.107. The van der Waals surface area contributed by atoms with Crippen LogP contribution in [0.4, 0.5) is 11.4 Å². The second kappa shape index (κ2) is 5.58. The Labute approximate surface area is 114 Å².